The highest BCUT2D eigenvalue weighted by Crippen LogP contribution is 2.15. The lowest BCUT2D eigenvalue weighted by Gasteiger charge is -1.98. The lowest BCUT2D eigenvalue weighted by atomic mass is 10.1. The fourth-order valence-electron chi connectivity index (χ4n) is 1.58. The smallest absolute Gasteiger partial charge is 0.131 e. The van der Waals surface area contributed by atoms with E-state index in [1.807, 2.05) is 7.05 Å². The molecule has 2 rings (SSSR count). The first-order valence-electron chi connectivity index (χ1n) is 5.29. The first kappa shape index (κ1) is 11.2. The van der Waals surface area contributed by atoms with Crippen LogP contribution < -0.4 is 5.32 Å². The molecule has 0 bridgehead atoms. The van der Waals surface area contributed by atoms with Crippen molar-refractivity contribution in [1.82, 2.24) is 15.5 Å². The lowest BCUT2D eigenvalue weighted by Crippen LogP contribution is -2.04. The van der Waals surface area contributed by atoms with E-state index in [1.54, 1.807) is 11.3 Å². The maximum Gasteiger partial charge on any atom is 0.131 e. The van der Waals surface area contributed by atoms with Crippen LogP contribution in [0.2, 0.25) is 0 Å². The van der Waals surface area contributed by atoms with E-state index < -0.39 is 0 Å². The highest BCUT2D eigenvalue weighted by Gasteiger charge is 2.04. The summed E-state index contributed by atoms with van der Waals surface area (Å²) >= 11 is 1.67. The summed E-state index contributed by atoms with van der Waals surface area (Å²) in [7, 11) is 1.92. The van der Waals surface area contributed by atoms with Crippen LogP contribution in [-0.4, -0.2) is 17.2 Å². The van der Waals surface area contributed by atoms with Gasteiger partial charge in [0.2, 0.25) is 0 Å². The van der Waals surface area contributed by atoms with Gasteiger partial charge in [-0.1, -0.05) is 41.2 Å². The number of aryl methyl sites for hydroxylation is 1. The first-order valence-corrected chi connectivity index (χ1v) is 6.11. The minimum Gasteiger partial charge on any atom is -0.313 e. The summed E-state index contributed by atoms with van der Waals surface area (Å²) < 4.78 is 0. The predicted octanol–water partition coefficient (Wildman–Crippen LogP) is 2.16. The van der Waals surface area contributed by atoms with Crippen LogP contribution in [0.25, 0.3) is 0 Å². The molecule has 0 amide bonds. The zero-order chi connectivity index (χ0) is 11.4. The Balaban J connectivity index is 2.08. The van der Waals surface area contributed by atoms with E-state index in [-0.39, 0.29) is 0 Å². The summed E-state index contributed by atoms with van der Waals surface area (Å²) in [6, 6.07) is 8.52. The van der Waals surface area contributed by atoms with E-state index in [9.17, 15) is 0 Å². The largest absolute Gasteiger partial charge is 0.313 e. The van der Waals surface area contributed by atoms with E-state index in [1.165, 1.54) is 11.1 Å². The summed E-state index contributed by atoms with van der Waals surface area (Å²) in [5, 5.41) is 13.5. The van der Waals surface area contributed by atoms with Crippen LogP contribution in [0.5, 0.6) is 0 Å². The van der Waals surface area contributed by atoms with Gasteiger partial charge in [0.25, 0.3) is 0 Å². The van der Waals surface area contributed by atoms with E-state index in [0.717, 1.165) is 23.0 Å². The maximum absolute atomic E-state index is 4.19. The number of hydrogen-bond donors (Lipinski definition) is 1. The molecule has 0 radical (unpaired) electrons. The topological polar surface area (TPSA) is 37.8 Å². The van der Waals surface area contributed by atoms with Crippen LogP contribution in [0.3, 0.4) is 0 Å². The summed E-state index contributed by atoms with van der Waals surface area (Å²) in [5.41, 5.74) is 2.59. The number of hydrogen-bond acceptors (Lipinski definition) is 4. The molecule has 0 saturated carbocycles. The van der Waals surface area contributed by atoms with Gasteiger partial charge in [0.1, 0.15) is 10.0 Å². The molecule has 0 aliphatic rings. The average Bonchev–Trinajstić information content (AvgIpc) is 2.66. The van der Waals surface area contributed by atoms with Gasteiger partial charge in [-0.2, -0.15) is 0 Å². The molecule has 0 aliphatic heterocycles. The lowest BCUT2D eigenvalue weighted by molar-refractivity contribution is 0.791. The Hall–Kier alpha value is -1.26. The van der Waals surface area contributed by atoms with Gasteiger partial charge in [0, 0.05) is 13.0 Å². The average molecular weight is 233 g/mol. The molecule has 4 heteroatoms. The zero-order valence-electron chi connectivity index (χ0n) is 9.53. The molecule has 0 unspecified atom stereocenters. The second kappa shape index (κ2) is 5.18. The van der Waals surface area contributed by atoms with Gasteiger partial charge in [-0.05, 0) is 19.5 Å². The van der Waals surface area contributed by atoms with Gasteiger partial charge in [0.05, 0.1) is 0 Å². The molecular weight excluding hydrogens is 218 g/mol. The monoisotopic (exact) mass is 233 g/mol. The fourth-order valence-corrected chi connectivity index (χ4v) is 2.47. The van der Waals surface area contributed by atoms with E-state index in [2.05, 4.69) is 46.7 Å². The van der Waals surface area contributed by atoms with Gasteiger partial charge < -0.3 is 5.32 Å². The highest BCUT2D eigenvalue weighted by atomic mass is 32.1. The Morgan fingerprint density at radius 3 is 2.81 bits per heavy atom. The molecule has 1 N–H and O–H groups in total. The van der Waals surface area contributed by atoms with Crippen molar-refractivity contribution in [2.75, 3.05) is 7.05 Å². The van der Waals surface area contributed by atoms with Gasteiger partial charge >= 0.3 is 0 Å². The Kier molecular flexibility index (Phi) is 3.64. The molecule has 0 aliphatic carbocycles. The molecule has 1 aromatic carbocycles. The maximum atomic E-state index is 4.19. The number of aromatic nitrogens is 2. The van der Waals surface area contributed by atoms with Crippen LogP contribution in [0, 0.1) is 6.92 Å². The van der Waals surface area contributed by atoms with Crippen molar-refractivity contribution in [1.29, 1.82) is 0 Å². The van der Waals surface area contributed by atoms with Crippen molar-refractivity contribution in [3.05, 3.63) is 45.4 Å². The minimum absolute atomic E-state index is 0.797. The number of nitrogens with one attached hydrogen (secondary N) is 1. The van der Waals surface area contributed by atoms with Crippen molar-refractivity contribution >= 4 is 11.3 Å². The molecule has 16 heavy (non-hydrogen) atoms. The van der Waals surface area contributed by atoms with Crippen molar-refractivity contribution in [3.63, 3.8) is 0 Å². The van der Waals surface area contributed by atoms with Crippen molar-refractivity contribution in [3.8, 4) is 0 Å². The third-order valence-corrected chi connectivity index (χ3v) is 3.20. The second-order valence-electron chi connectivity index (χ2n) is 3.79. The van der Waals surface area contributed by atoms with Gasteiger partial charge in [-0.3, -0.25) is 0 Å². The summed E-state index contributed by atoms with van der Waals surface area (Å²) in [6.45, 7) is 2.90. The van der Waals surface area contributed by atoms with Gasteiger partial charge in [-0.15, -0.1) is 10.2 Å². The fraction of sp³-hybridized carbons (Fsp3) is 0.333. The summed E-state index contributed by atoms with van der Waals surface area (Å²) in [5.74, 6) is 0. The first-order chi connectivity index (χ1) is 7.78. The van der Waals surface area contributed by atoms with E-state index in [4.69, 9.17) is 0 Å². The van der Waals surface area contributed by atoms with Crippen LogP contribution in [0.15, 0.2) is 24.3 Å². The summed E-state index contributed by atoms with van der Waals surface area (Å²) in [6.07, 6.45) is 0.878. The molecule has 0 fully saturated rings. The molecule has 0 spiro atoms. The Morgan fingerprint density at radius 1 is 1.25 bits per heavy atom. The molecule has 1 heterocycles. The minimum atomic E-state index is 0.797. The predicted molar refractivity (Wildman–Crippen MR) is 66.7 cm³/mol. The molecular formula is C12H15N3S. The summed E-state index contributed by atoms with van der Waals surface area (Å²) in [4.78, 5) is 0. The van der Waals surface area contributed by atoms with Gasteiger partial charge in [0.15, 0.2) is 0 Å². The van der Waals surface area contributed by atoms with Crippen LogP contribution in [0.4, 0.5) is 0 Å². The Bertz CT molecular complexity index is 465. The Morgan fingerprint density at radius 2 is 2.06 bits per heavy atom. The third-order valence-electron chi connectivity index (χ3n) is 2.27. The quantitative estimate of drug-likeness (QED) is 0.879. The van der Waals surface area contributed by atoms with Crippen LogP contribution >= 0.6 is 11.3 Å². The molecule has 0 saturated heterocycles. The molecule has 1 aromatic heterocycles. The second-order valence-corrected chi connectivity index (χ2v) is 4.93. The highest BCUT2D eigenvalue weighted by molar-refractivity contribution is 7.11. The van der Waals surface area contributed by atoms with E-state index >= 15 is 0 Å². The molecule has 84 valence electrons. The van der Waals surface area contributed by atoms with E-state index in [0.29, 0.717) is 0 Å². The Labute approximate surface area is 99.5 Å². The zero-order valence-corrected chi connectivity index (χ0v) is 10.3. The van der Waals surface area contributed by atoms with Crippen molar-refractivity contribution < 1.29 is 0 Å². The normalized spacial score (nSPS) is 10.6. The standard InChI is InChI=1S/C12H15N3S/c1-9-4-3-5-10(6-9)7-11-14-15-12(16-11)8-13-2/h3-6,13H,7-8H2,1-2H3. The van der Waals surface area contributed by atoms with Crippen molar-refractivity contribution in [2.45, 2.75) is 19.9 Å². The number of nitrogens with zero attached hydrogens (tertiary/aromatic N) is 2. The number of rotatable bonds is 4. The molecule has 3 nitrogen and oxygen atoms in total. The van der Waals surface area contributed by atoms with Crippen molar-refractivity contribution in [2.24, 2.45) is 0 Å². The SMILES string of the molecule is CNCc1nnc(Cc2cccc(C)c2)s1. The number of benzene rings is 1. The van der Waals surface area contributed by atoms with Crippen LogP contribution in [0.1, 0.15) is 21.1 Å². The van der Waals surface area contributed by atoms with Crippen LogP contribution in [-0.2, 0) is 13.0 Å². The molecule has 2 aromatic rings. The molecule has 0 atom stereocenters. The third kappa shape index (κ3) is 2.87. The van der Waals surface area contributed by atoms with Gasteiger partial charge in [-0.25, -0.2) is 0 Å².